The molecule has 22 heavy (non-hydrogen) atoms. The molecule has 0 saturated heterocycles. The zero-order chi connectivity index (χ0) is 17.1. The Morgan fingerprint density at radius 3 is 2.36 bits per heavy atom. The molecule has 0 radical (unpaired) electrons. The number of nitrogens with two attached hydrogens (primary N) is 1. The van der Waals surface area contributed by atoms with Crippen molar-refractivity contribution >= 4 is 30.3 Å². The predicted molar refractivity (Wildman–Crippen MR) is 77.9 cm³/mol. The maximum Gasteiger partial charge on any atom is 0.247 e. The van der Waals surface area contributed by atoms with Crippen molar-refractivity contribution in [2.45, 2.75) is 24.9 Å². The molecule has 6 N–H and O–H groups in total. The first-order valence-corrected chi connectivity index (χ1v) is 6.49. The van der Waals surface area contributed by atoms with E-state index in [0.717, 1.165) is 0 Å². The summed E-state index contributed by atoms with van der Waals surface area (Å²) >= 11 is 0. The molecule has 0 aromatic rings. The molecule has 0 aromatic carbocycles. The Bertz CT molecular complexity index is 440. The quantitative estimate of drug-likeness (QED) is 0.266. The van der Waals surface area contributed by atoms with E-state index in [4.69, 9.17) is 10.8 Å². The van der Waals surface area contributed by atoms with E-state index in [0.29, 0.717) is 0 Å². The molecule has 0 aliphatic rings. The zero-order valence-corrected chi connectivity index (χ0v) is 12.3. The number of aliphatic hydroxyl groups excluding tert-OH is 1. The Morgan fingerprint density at radius 2 is 1.91 bits per heavy atom. The van der Waals surface area contributed by atoms with E-state index in [1.165, 1.54) is 7.05 Å². The molecule has 4 amide bonds. The third kappa shape index (κ3) is 7.33. The molecule has 0 rings (SSSR count). The Kier molecular flexibility index (Phi) is 9.11. The van der Waals surface area contributed by atoms with Crippen LogP contribution in [0.5, 0.6) is 0 Å². The van der Waals surface area contributed by atoms with Crippen molar-refractivity contribution in [1.82, 2.24) is 16.0 Å². The van der Waals surface area contributed by atoms with E-state index in [1.807, 2.05) is 0 Å². The highest BCUT2D eigenvalue weighted by Gasteiger charge is 2.21. The number of amides is 4. The molecular formula is C12H21N5O5. The summed E-state index contributed by atoms with van der Waals surface area (Å²) in [5.41, 5.74) is 5.00. The number of carbonyl (C=O) groups excluding carboxylic acids is 4. The Hall–Kier alpha value is -2.49. The number of likely N-dealkylation sites (N-methyl/N-ethyl adjacent to an activating group) is 1. The minimum absolute atomic E-state index is 0.0438. The van der Waals surface area contributed by atoms with Crippen LogP contribution in [0.2, 0.25) is 0 Å². The fourth-order valence-electron chi connectivity index (χ4n) is 1.48. The number of hydrogen-bond acceptors (Lipinski definition) is 6. The van der Waals surface area contributed by atoms with E-state index in [1.54, 1.807) is 0 Å². The van der Waals surface area contributed by atoms with Crippen LogP contribution in [0, 0.1) is 0 Å². The SMILES string of the molecule is C=NC(CO)C(=O)NCC(=O)NC(CCC(N)=O)C(=O)NC. The third-order valence-corrected chi connectivity index (χ3v) is 2.70. The summed E-state index contributed by atoms with van der Waals surface area (Å²) in [6.45, 7) is 2.20. The van der Waals surface area contributed by atoms with Gasteiger partial charge in [-0.15, -0.1) is 0 Å². The van der Waals surface area contributed by atoms with Crippen LogP contribution < -0.4 is 21.7 Å². The number of carbonyl (C=O) groups is 4. The largest absolute Gasteiger partial charge is 0.394 e. The van der Waals surface area contributed by atoms with Crippen LogP contribution >= 0.6 is 0 Å². The highest BCUT2D eigenvalue weighted by molar-refractivity contribution is 5.91. The summed E-state index contributed by atoms with van der Waals surface area (Å²) in [6, 6.07) is -1.99. The summed E-state index contributed by atoms with van der Waals surface area (Å²) in [4.78, 5) is 48.9. The van der Waals surface area contributed by atoms with E-state index in [-0.39, 0.29) is 12.8 Å². The lowest BCUT2D eigenvalue weighted by Crippen LogP contribution is -2.50. The van der Waals surface area contributed by atoms with Crippen LogP contribution in [0.4, 0.5) is 0 Å². The Morgan fingerprint density at radius 1 is 1.27 bits per heavy atom. The number of nitrogens with one attached hydrogen (secondary N) is 3. The van der Waals surface area contributed by atoms with Gasteiger partial charge in [-0.05, 0) is 13.1 Å². The number of primary amides is 1. The van der Waals surface area contributed by atoms with Crippen molar-refractivity contribution in [3.05, 3.63) is 0 Å². The maximum atomic E-state index is 11.7. The summed E-state index contributed by atoms with van der Waals surface area (Å²) < 4.78 is 0. The van der Waals surface area contributed by atoms with Gasteiger partial charge in [-0.1, -0.05) is 0 Å². The first-order chi connectivity index (χ1) is 10.3. The number of nitrogens with zero attached hydrogens (tertiary/aromatic N) is 1. The highest BCUT2D eigenvalue weighted by Crippen LogP contribution is 1.97. The normalized spacial score (nSPS) is 12.6. The van der Waals surface area contributed by atoms with Crippen LogP contribution in [-0.2, 0) is 19.2 Å². The highest BCUT2D eigenvalue weighted by atomic mass is 16.3. The molecule has 124 valence electrons. The van der Waals surface area contributed by atoms with E-state index >= 15 is 0 Å². The molecule has 0 spiro atoms. The monoisotopic (exact) mass is 315 g/mol. The van der Waals surface area contributed by atoms with Gasteiger partial charge in [0.1, 0.15) is 6.04 Å². The number of aliphatic hydroxyl groups is 1. The molecule has 2 atom stereocenters. The van der Waals surface area contributed by atoms with Gasteiger partial charge in [-0.25, -0.2) is 0 Å². The summed E-state index contributed by atoms with van der Waals surface area (Å²) in [5.74, 6) is -2.38. The standard InChI is InChI=1S/C12H21N5O5/c1-14-8(6-18)12(22)16-5-10(20)17-7(11(21)15-2)3-4-9(13)19/h7-8,18H,1,3-6H2,2H3,(H2,13,19)(H,15,21)(H,16,22)(H,17,20). The molecule has 2 unspecified atom stereocenters. The molecule has 0 fully saturated rings. The first kappa shape index (κ1) is 19.5. The minimum atomic E-state index is -1.06. The van der Waals surface area contributed by atoms with E-state index in [9.17, 15) is 19.2 Å². The zero-order valence-electron chi connectivity index (χ0n) is 12.3. The topological polar surface area (TPSA) is 163 Å². The van der Waals surface area contributed by atoms with Gasteiger partial charge in [0, 0.05) is 13.5 Å². The van der Waals surface area contributed by atoms with Gasteiger partial charge in [0.2, 0.25) is 23.6 Å². The van der Waals surface area contributed by atoms with Crippen molar-refractivity contribution in [1.29, 1.82) is 0 Å². The summed E-state index contributed by atoms with van der Waals surface area (Å²) in [5, 5.41) is 15.8. The second-order valence-corrected chi connectivity index (χ2v) is 4.34. The van der Waals surface area contributed by atoms with Gasteiger partial charge in [0.05, 0.1) is 13.2 Å². The Balaban J connectivity index is 4.44. The predicted octanol–water partition coefficient (Wildman–Crippen LogP) is -3.34. The molecular weight excluding hydrogens is 294 g/mol. The molecule has 0 aromatic heterocycles. The first-order valence-electron chi connectivity index (χ1n) is 6.49. The van der Waals surface area contributed by atoms with Crippen LogP contribution in [0.25, 0.3) is 0 Å². The molecule has 0 bridgehead atoms. The maximum absolute atomic E-state index is 11.7. The molecule has 0 aliphatic carbocycles. The fourth-order valence-corrected chi connectivity index (χ4v) is 1.48. The number of rotatable bonds is 10. The molecule has 0 saturated carbocycles. The fraction of sp³-hybridized carbons (Fsp3) is 0.583. The number of hydrogen-bond donors (Lipinski definition) is 5. The third-order valence-electron chi connectivity index (χ3n) is 2.70. The minimum Gasteiger partial charge on any atom is -0.394 e. The van der Waals surface area contributed by atoms with Crippen molar-refractivity contribution < 1.29 is 24.3 Å². The Labute approximate surface area is 127 Å². The molecule has 10 heteroatoms. The van der Waals surface area contributed by atoms with Gasteiger partial charge >= 0.3 is 0 Å². The van der Waals surface area contributed by atoms with Gasteiger partial charge in [-0.3, -0.25) is 24.2 Å². The van der Waals surface area contributed by atoms with Crippen molar-refractivity contribution in [3.8, 4) is 0 Å². The number of aliphatic imine (C=N–C) groups is 1. The second kappa shape index (κ2) is 10.3. The van der Waals surface area contributed by atoms with Crippen LogP contribution in [0.1, 0.15) is 12.8 Å². The van der Waals surface area contributed by atoms with Crippen molar-refractivity contribution in [2.75, 3.05) is 20.2 Å². The van der Waals surface area contributed by atoms with Gasteiger partial charge in [-0.2, -0.15) is 0 Å². The van der Waals surface area contributed by atoms with Gasteiger partial charge < -0.3 is 26.8 Å². The lowest BCUT2D eigenvalue weighted by atomic mass is 10.1. The second-order valence-electron chi connectivity index (χ2n) is 4.34. The van der Waals surface area contributed by atoms with Gasteiger partial charge in [0.15, 0.2) is 6.04 Å². The molecule has 0 heterocycles. The van der Waals surface area contributed by atoms with Crippen LogP contribution in [-0.4, -0.2) is 67.7 Å². The van der Waals surface area contributed by atoms with Crippen LogP contribution in [0.15, 0.2) is 4.99 Å². The summed E-state index contributed by atoms with van der Waals surface area (Å²) in [6.07, 6.45) is -0.0279. The smallest absolute Gasteiger partial charge is 0.247 e. The van der Waals surface area contributed by atoms with Crippen LogP contribution in [0.3, 0.4) is 0 Å². The lowest BCUT2D eigenvalue weighted by molar-refractivity contribution is -0.130. The molecule has 10 nitrogen and oxygen atoms in total. The summed E-state index contributed by atoms with van der Waals surface area (Å²) in [7, 11) is 1.38. The molecule has 0 aliphatic heterocycles. The van der Waals surface area contributed by atoms with E-state index in [2.05, 4.69) is 27.7 Å². The van der Waals surface area contributed by atoms with E-state index < -0.39 is 48.9 Å². The van der Waals surface area contributed by atoms with Gasteiger partial charge in [0.25, 0.3) is 0 Å². The average Bonchev–Trinajstić information content (AvgIpc) is 2.49. The van der Waals surface area contributed by atoms with Crippen molar-refractivity contribution in [3.63, 3.8) is 0 Å². The van der Waals surface area contributed by atoms with Crippen molar-refractivity contribution in [2.24, 2.45) is 10.7 Å². The average molecular weight is 315 g/mol. The lowest BCUT2D eigenvalue weighted by Gasteiger charge is -2.17.